The molecule has 0 spiro atoms. The van der Waals surface area contributed by atoms with Crippen LogP contribution >= 0.6 is 0 Å². The first-order valence-corrected chi connectivity index (χ1v) is 2.97. The predicted octanol–water partition coefficient (Wildman–Crippen LogP) is 1.50. The summed E-state index contributed by atoms with van der Waals surface area (Å²) in [4.78, 5) is 0. The Morgan fingerprint density at radius 2 is 1.89 bits per heavy atom. The molecule has 2 nitrogen and oxygen atoms in total. The Kier molecular flexibility index (Phi) is 3.76. The number of hydrogen-bond acceptors (Lipinski definition) is 2. The molecule has 0 aromatic rings. The molecule has 0 aliphatic carbocycles. The van der Waals surface area contributed by atoms with Crippen LogP contribution in [0.3, 0.4) is 0 Å². The smallest absolute Gasteiger partial charge is 0.0469 e. The molecule has 0 rings (SSSR count). The van der Waals surface area contributed by atoms with Crippen LogP contribution < -0.4 is 0 Å². The van der Waals surface area contributed by atoms with Crippen molar-refractivity contribution >= 4 is 6.21 Å². The fraction of sp³-hybridized carbons (Fsp3) is 0.571. The maximum Gasteiger partial charge on any atom is 0.0469 e. The quantitative estimate of drug-likeness (QED) is 0.404. The fourth-order valence-corrected chi connectivity index (χ4v) is 0.316. The topological polar surface area (TPSA) is 15.6 Å². The zero-order chi connectivity index (χ0) is 7.28. The van der Waals surface area contributed by atoms with Crippen molar-refractivity contribution in [3.8, 4) is 0 Å². The second-order valence-electron chi connectivity index (χ2n) is 2.36. The Balaban J connectivity index is 3.60. The standard InChI is InChI=1S/C7H14N2/c1-7(2)5-6-8-9(3)4/h5-6H,1-4H3. The third-order valence-corrected chi connectivity index (χ3v) is 0.705. The summed E-state index contributed by atoms with van der Waals surface area (Å²) in [6.07, 6.45) is 3.76. The van der Waals surface area contributed by atoms with Crippen molar-refractivity contribution in [2.75, 3.05) is 14.1 Å². The van der Waals surface area contributed by atoms with Crippen molar-refractivity contribution in [2.24, 2.45) is 5.10 Å². The summed E-state index contributed by atoms with van der Waals surface area (Å²) in [5, 5.41) is 5.76. The van der Waals surface area contributed by atoms with E-state index in [1.807, 2.05) is 34.0 Å². The highest BCUT2D eigenvalue weighted by Crippen LogP contribution is 1.84. The molecule has 0 aliphatic rings. The Bertz CT molecular complexity index is 119. The van der Waals surface area contributed by atoms with Crippen LogP contribution in [0.2, 0.25) is 0 Å². The van der Waals surface area contributed by atoms with Crippen molar-refractivity contribution in [1.82, 2.24) is 5.01 Å². The van der Waals surface area contributed by atoms with Gasteiger partial charge in [-0.05, 0) is 19.9 Å². The molecule has 0 N–H and O–H groups in total. The summed E-state index contributed by atoms with van der Waals surface area (Å²) in [7, 11) is 3.80. The maximum atomic E-state index is 4.00. The molecule has 0 aliphatic heterocycles. The van der Waals surface area contributed by atoms with E-state index in [1.165, 1.54) is 5.57 Å². The van der Waals surface area contributed by atoms with Gasteiger partial charge in [-0.15, -0.1) is 0 Å². The summed E-state index contributed by atoms with van der Waals surface area (Å²) in [5.74, 6) is 0. The van der Waals surface area contributed by atoms with Crippen LogP contribution in [-0.4, -0.2) is 25.3 Å². The summed E-state index contributed by atoms with van der Waals surface area (Å²) >= 11 is 0. The predicted molar refractivity (Wildman–Crippen MR) is 41.6 cm³/mol. The molecule has 0 atom stereocenters. The van der Waals surface area contributed by atoms with E-state index < -0.39 is 0 Å². The van der Waals surface area contributed by atoms with E-state index in [9.17, 15) is 0 Å². The van der Waals surface area contributed by atoms with Crippen molar-refractivity contribution in [2.45, 2.75) is 13.8 Å². The molecule has 0 bridgehead atoms. The van der Waals surface area contributed by atoms with Gasteiger partial charge in [0.2, 0.25) is 0 Å². The van der Waals surface area contributed by atoms with Gasteiger partial charge < -0.3 is 5.01 Å². The minimum Gasteiger partial charge on any atom is -0.303 e. The molecule has 52 valence electrons. The maximum absolute atomic E-state index is 4.00. The Hall–Kier alpha value is -0.790. The molecule has 0 saturated heterocycles. The van der Waals surface area contributed by atoms with Crippen molar-refractivity contribution in [3.05, 3.63) is 11.6 Å². The van der Waals surface area contributed by atoms with Crippen molar-refractivity contribution in [1.29, 1.82) is 0 Å². The van der Waals surface area contributed by atoms with Gasteiger partial charge in [0, 0.05) is 20.3 Å². The SMILES string of the molecule is CC(C)=CC=NN(C)C. The molecule has 0 aromatic heterocycles. The monoisotopic (exact) mass is 126 g/mol. The number of rotatable bonds is 2. The van der Waals surface area contributed by atoms with Crippen LogP contribution in [0.25, 0.3) is 0 Å². The van der Waals surface area contributed by atoms with Gasteiger partial charge in [-0.3, -0.25) is 0 Å². The highest BCUT2D eigenvalue weighted by molar-refractivity contribution is 5.71. The molecule has 2 heteroatoms. The molecule has 0 unspecified atom stereocenters. The molecule has 0 saturated carbocycles. The molecule has 9 heavy (non-hydrogen) atoms. The van der Waals surface area contributed by atoms with Gasteiger partial charge in [-0.1, -0.05) is 5.57 Å². The fourth-order valence-electron chi connectivity index (χ4n) is 0.316. The molecule has 0 heterocycles. The van der Waals surface area contributed by atoms with Crippen molar-refractivity contribution in [3.63, 3.8) is 0 Å². The van der Waals surface area contributed by atoms with E-state index >= 15 is 0 Å². The van der Waals surface area contributed by atoms with Crippen LogP contribution in [0.5, 0.6) is 0 Å². The van der Waals surface area contributed by atoms with Gasteiger partial charge in [0.1, 0.15) is 0 Å². The number of allylic oxidation sites excluding steroid dienone is 2. The van der Waals surface area contributed by atoms with Crippen LogP contribution in [0.15, 0.2) is 16.8 Å². The average Bonchev–Trinajstić information content (AvgIpc) is 1.63. The lowest BCUT2D eigenvalue weighted by atomic mass is 10.3. The van der Waals surface area contributed by atoms with E-state index in [0.29, 0.717) is 0 Å². The lowest BCUT2D eigenvalue weighted by molar-refractivity contribution is 0.440. The summed E-state index contributed by atoms with van der Waals surface area (Å²) in [6.45, 7) is 4.09. The van der Waals surface area contributed by atoms with Crippen LogP contribution in [0, 0.1) is 0 Å². The third-order valence-electron chi connectivity index (χ3n) is 0.705. The number of hydrazone groups is 1. The van der Waals surface area contributed by atoms with E-state index in [2.05, 4.69) is 5.10 Å². The highest BCUT2D eigenvalue weighted by atomic mass is 15.4. The van der Waals surface area contributed by atoms with Crippen molar-refractivity contribution < 1.29 is 0 Å². The number of nitrogens with zero attached hydrogens (tertiary/aromatic N) is 2. The normalized spacial score (nSPS) is 9.78. The van der Waals surface area contributed by atoms with Crippen LogP contribution in [0.1, 0.15) is 13.8 Å². The second kappa shape index (κ2) is 4.13. The van der Waals surface area contributed by atoms with Gasteiger partial charge in [0.15, 0.2) is 0 Å². The van der Waals surface area contributed by atoms with Crippen LogP contribution in [-0.2, 0) is 0 Å². The van der Waals surface area contributed by atoms with Crippen LogP contribution in [0.4, 0.5) is 0 Å². The van der Waals surface area contributed by atoms with Gasteiger partial charge in [0.05, 0.1) is 0 Å². The minimum absolute atomic E-state index is 1.26. The molecular formula is C7H14N2. The molecule has 0 radical (unpaired) electrons. The van der Waals surface area contributed by atoms with Gasteiger partial charge in [0.25, 0.3) is 0 Å². The first kappa shape index (κ1) is 8.21. The Labute approximate surface area is 56.9 Å². The van der Waals surface area contributed by atoms with E-state index in [-0.39, 0.29) is 0 Å². The zero-order valence-corrected chi connectivity index (χ0v) is 6.55. The Morgan fingerprint density at radius 1 is 1.33 bits per heavy atom. The minimum atomic E-state index is 1.26. The lowest BCUT2D eigenvalue weighted by Gasteiger charge is -1.99. The van der Waals surface area contributed by atoms with E-state index in [1.54, 1.807) is 11.2 Å². The summed E-state index contributed by atoms with van der Waals surface area (Å²) < 4.78 is 0. The van der Waals surface area contributed by atoms with Gasteiger partial charge in [-0.2, -0.15) is 5.10 Å². The third kappa shape index (κ3) is 7.21. The summed E-state index contributed by atoms with van der Waals surface area (Å²) in [5.41, 5.74) is 1.26. The molecule has 0 aromatic carbocycles. The number of hydrogen-bond donors (Lipinski definition) is 0. The van der Waals surface area contributed by atoms with E-state index in [4.69, 9.17) is 0 Å². The first-order chi connectivity index (χ1) is 4.13. The summed E-state index contributed by atoms with van der Waals surface area (Å²) in [6, 6.07) is 0. The molecular weight excluding hydrogens is 112 g/mol. The molecule has 0 fully saturated rings. The largest absolute Gasteiger partial charge is 0.303 e. The Morgan fingerprint density at radius 3 is 2.22 bits per heavy atom. The van der Waals surface area contributed by atoms with Gasteiger partial charge >= 0.3 is 0 Å². The highest BCUT2D eigenvalue weighted by Gasteiger charge is 1.73. The van der Waals surface area contributed by atoms with E-state index in [0.717, 1.165) is 0 Å². The van der Waals surface area contributed by atoms with Gasteiger partial charge in [-0.25, -0.2) is 0 Å². The zero-order valence-electron chi connectivity index (χ0n) is 6.55. The average molecular weight is 126 g/mol. The lowest BCUT2D eigenvalue weighted by Crippen LogP contribution is -2.00. The first-order valence-electron chi connectivity index (χ1n) is 2.97. The molecule has 0 amide bonds. The second-order valence-corrected chi connectivity index (χ2v) is 2.36.